The van der Waals surface area contributed by atoms with Gasteiger partial charge >= 0.3 is 0 Å². The zero-order valence-electron chi connectivity index (χ0n) is 11.6. The van der Waals surface area contributed by atoms with Crippen LogP contribution in [0.5, 0.6) is 0 Å². The Morgan fingerprint density at radius 1 is 1.45 bits per heavy atom. The van der Waals surface area contributed by atoms with Crippen molar-refractivity contribution in [1.29, 1.82) is 0 Å². The van der Waals surface area contributed by atoms with E-state index in [9.17, 15) is 10.1 Å². The lowest BCUT2D eigenvalue weighted by atomic mass is 10.0. The van der Waals surface area contributed by atoms with Crippen LogP contribution in [0.3, 0.4) is 0 Å². The van der Waals surface area contributed by atoms with Gasteiger partial charge in [0.2, 0.25) is 0 Å². The first-order valence-corrected chi connectivity index (χ1v) is 7.37. The van der Waals surface area contributed by atoms with Crippen molar-refractivity contribution in [3.63, 3.8) is 0 Å². The highest BCUT2D eigenvalue weighted by atomic mass is 35.5. The summed E-state index contributed by atoms with van der Waals surface area (Å²) in [6.45, 7) is 5.64. The molecule has 0 aromatic heterocycles. The van der Waals surface area contributed by atoms with Crippen LogP contribution in [0.25, 0.3) is 0 Å². The molecule has 0 unspecified atom stereocenters. The van der Waals surface area contributed by atoms with Crippen LogP contribution in [-0.2, 0) is 6.54 Å². The Balaban J connectivity index is 2.16. The number of nitrogens with one attached hydrogen (secondary N) is 1. The number of piperidine rings is 1. The minimum atomic E-state index is -0.350. The number of nitro groups is 1. The number of nitro benzene ring substituents is 1. The molecule has 1 saturated heterocycles. The lowest BCUT2D eigenvalue weighted by Gasteiger charge is -2.33. The molecule has 1 N–H and O–H groups in total. The van der Waals surface area contributed by atoms with Crippen LogP contribution in [-0.4, -0.2) is 35.5 Å². The summed E-state index contributed by atoms with van der Waals surface area (Å²) in [4.78, 5) is 13.1. The maximum absolute atomic E-state index is 11.1. The summed E-state index contributed by atoms with van der Waals surface area (Å²) in [5, 5.41) is 14.9. The SMILES string of the molecule is CCN(Cc1ccc(Cl)cc1[N+](=O)[O-])C1CCNCC1. The van der Waals surface area contributed by atoms with Crippen molar-refractivity contribution < 1.29 is 4.92 Å². The standard InChI is InChI=1S/C14H20ClN3O2/c1-2-17(13-5-7-16-8-6-13)10-11-3-4-12(15)9-14(11)18(19)20/h3-4,9,13,16H,2,5-8,10H2,1H3. The van der Waals surface area contributed by atoms with E-state index in [0.29, 0.717) is 17.6 Å². The van der Waals surface area contributed by atoms with Gasteiger partial charge in [0.05, 0.1) is 4.92 Å². The van der Waals surface area contributed by atoms with Gasteiger partial charge in [-0.15, -0.1) is 0 Å². The van der Waals surface area contributed by atoms with E-state index in [-0.39, 0.29) is 10.6 Å². The predicted molar refractivity (Wildman–Crippen MR) is 80.1 cm³/mol. The molecule has 0 amide bonds. The first-order valence-electron chi connectivity index (χ1n) is 6.99. The molecule has 0 aliphatic carbocycles. The molecule has 5 nitrogen and oxygen atoms in total. The van der Waals surface area contributed by atoms with E-state index in [4.69, 9.17) is 11.6 Å². The van der Waals surface area contributed by atoms with Crippen molar-refractivity contribution in [2.24, 2.45) is 0 Å². The van der Waals surface area contributed by atoms with E-state index in [2.05, 4.69) is 17.1 Å². The van der Waals surface area contributed by atoms with E-state index < -0.39 is 0 Å². The van der Waals surface area contributed by atoms with Crippen molar-refractivity contribution in [3.8, 4) is 0 Å². The van der Waals surface area contributed by atoms with Gasteiger partial charge in [0.15, 0.2) is 0 Å². The number of benzene rings is 1. The first kappa shape index (κ1) is 15.2. The number of nitrogens with zero attached hydrogens (tertiary/aromatic N) is 2. The van der Waals surface area contributed by atoms with Gasteiger partial charge in [-0.05, 0) is 44.6 Å². The topological polar surface area (TPSA) is 58.4 Å². The molecule has 1 heterocycles. The van der Waals surface area contributed by atoms with Gasteiger partial charge in [0.1, 0.15) is 0 Å². The molecule has 1 aliphatic heterocycles. The molecule has 0 atom stereocenters. The summed E-state index contributed by atoms with van der Waals surface area (Å²) in [6, 6.07) is 5.42. The monoisotopic (exact) mass is 297 g/mol. The normalized spacial score (nSPS) is 16.6. The third-order valence-corrected chi connectivity index (χ3v) is 4.08. The van der Waals surface area contributed by atoms with Gasteiger partial charge < -0.3 is 5.32 Å². The van der Waals surface area contributed by atoms with Crippen LogP contribution < -0.4 is 5.32 Å². The molecule has 110 valence electrons. The maximum Gasteiger partial charge on any atom is 0.275 e. The minimum Gasteiger partial charge on any atom is -0.317 e. The lowest BCUT2D eigenvalue weighted by Crippen LogP contribution is -2.42. The summed E-state index contributed by atoms with van der Waals surface area (Å²) in [7, 11) is 0. The fraction of sp³-hybridized carbons (Fsp3) is 0.571. The highest BCUT2D eigenvalue weighted by Crippen LogP contribution is 2.26. The molecule has 0 bridgehead atoms. The molecule has 1 aromatic carbocycles. The summed E-state index contributed by atoms with van der Waals surface area (Å²) in [6.07, 6.45) is 2.18. The van der Waals surface area contributed by atoms with Crippen LogP contribution in [0, 0.1) is 10.1 Å². The van der Waals surface area contributed by atoms with Gasteiger partial charge in [-0.2, -0.15) is 0 Å². The second-order valence-electron chi connectivity index (χ2n) is 5.07. The quantitative estimate of drug-likeness (QED) is 0.671. The van der Waals surface area contributed by atoms with Crippen molar-refractivity contribution in [2.45, 2.75) is 32.4 Å². The largest absolute Gasteiger partial charge is 0.317 e. The summed E-state index contributed by atoms with van der Waals surface area (Å²) >= 11 is 5.85. The van der Waals surface area contributed by atoms with E-state index in [1.807, 2.05) is 0 Å². The van der Waals surface area contributed by atoms with Crippen LogP contribution >= 0.6 is 11.6 Å². The average molecular weight is 298 g/mol. The molecule has 1 aliphatic rings. The molecular weight excluding hydrogens is 278 g/mol. The second kappa shape index (κ2) is 7.02. The highest BCUT2D eigenvalue weighted by Gasteiger charge is 2.23. The van der Waals surface area contributed by atoms with Crippen LogP contribution in [0.4, 0.5) is 5.69 Å². The Morgan fingerprint density at radius 3 is 2.75 bits per heavy atom. The Morgan fingerprint density at radius 2 is 2.15 bits per heavy atom. The van der Waals surface area contributed by atoms with E-state index in [0.717, 1.165) is 38.0 Å². The molecule has 0 saturated carbocycles. The molecule has 1 aromatic rings. The highest BCUT2D eigenvalue weighted by molar-refractivity contribution is 6.30. The third-order valence-electron chi connectivity index (χ3n) is 3.85. The molecule has 6 heteroatoms. The predicted octanol–water partition coefficient (Wildman–Crippen LogP) is 2.82. The van der Waals surface area contributed by atoms with E-state index in [1.54, 1.807) is 12.1 Å². The minimum absolute atomic E-state index is 0.116. The molecule has 0 spiro atoms. The van der Waals surface area contributed by atoms with Crippen LogP contribution in [0.1, 0.15) is 25.3 Å². The fourth-order valence-electron chi connectivity index (χ4n) is 2.73. The smallest absolute Gasteiger partial charge is 0.275 e. The zero-order chi connectivity index (χ0) is 14.5. The van der Waals surface area contributed by atoms with Gasteiger partial charge in [-0.1, -0.05) is 18.5 Å². The summed E-state index contributed by atoms with van der Waals surface area (Å²) in [5.41, 5.74) is 0.852. The molecule has 0 radical (unpaired) electrons. The average Bonchev–Trinajstić information content (AvgIpc) is 2.46. The Bertz CT molecular complexity index is 475. The Kier molecular flexibility index (Phi) is 5.34. The van der Waals surface area contributed by atoms with Crippen molar-refractivity contribution in [1.82, 2.24) is 10.2 Å². The van der Waals surface area contributed by atoms with Gasteiger partial charge in [0, 0.05) is 29.2 Å². The van der Waals surface area contributed by atoms with Crippen LogP contribution in [0.2, 0.25) is 5.02 Å². The van der Waals surface area contributed by atoms with Gasteiger partial charge in [-0.3, -0.25) is 15.0 Å². The van der Waals surface area contributed by atoms with Gasteiger partial charge in [0.25, 0.3) is 5.69 Å². The lowest BCUT2D eigenvalue weighted by molar-refractivity contribution is -0.385. The first-order chi connectivity index (χ1) is 9.61. The van der Waals surface area contributed by atoms with Crippen LogP contribution in [0.15, 0.2) is 18.2 Å². The molecule has 2 rings (SSSR count). The zero-order valence-corrected chi connectivity index (χ0v) is 12.4. The van der Waals surface area contributed by atoms with Gasteiger partial charge in [-0.25, -0.2) is 0 Å². The Labute approximate surface area is 124 Å². The summed E-state index contributed by atoms with van der Waals surface area (Å²) < 4.78 is 0. The van der Waals surface area contributed by atoms with Crippen molar-refractivity contribution in [3.05, 3.63) is 38.9 Å². The number of hydrogen-bond acceptors (Lipinski definition) is 4. The van der Waals surface area contributed by atoms with E-state index >= 15 is 0 Å². The molecular formula is C14H20ClN3O2. The molecule has 1 fully saturated rings. The third kappa shape index (κ3) is 3.69. The van der Waals surface area contributed by atoms with E-state index in [1.165, 1.54) is 6.07 Å². The fourth-order valence-corrected chi connectivity index (χ4v) is 2.90. The summed E-state index contributed by atoms with van der Waals surface area (Å²) in [5.74, 6) is 0. The number of hydrogen-bond donors (Lipinski definition) is 1. The Hall–Kier alpha value is -1.17. The number of halogens is 1. The maximum atomic E-state index is 11.1. The number of rotatable bonds is 5. The van der Waals surface area contributed by atoms with Crippen molar-refractivity contribution in [2.75, 3.05) is 19.6 Å². The van der Waals surface area contributed by atoms with Crippen molar-refractivity contribution >= 4 is 17.3 Å². The molecule has 20 heavy (non-hydrogen) atoms. The second-order valence-corrected chi connectivity index (χ2v) is 5.51.